The quantitative estimate of drug-likeness (QED) is 0.450. The fourth-order valence-electron chi connectivity index (χ4n) is 4.31. The number of unbranched alkanes of at least 4 members (excludes halogenated alkanes) is 1. The minimum absolute atomic E-state index is 0.153. The van der Waals surface area contributed by atoms with E-state index in [1.807, 2.05) is 42.5 Å². The van der Waals surface area contributed by atoms with Crippen molar-refractivity contribution in [3.05, 3.63) is 76.8 Å². The summed E-state index contributed by atoms with van der Waals surface area (Å²) in [6.45, 7) is 4.38. The maximum Gasteiger partial charge on any atom is 0.259 e. The third-order valence-corrected chi connectivity index (χ3v) is 6.42. The molecule has 6 nitrogen and oxygen atoms in total. The number of carbonyl (C=O) groups excluding carboxylic acids is 3. The van der Waals surface area contributed by atoms with Crippen LogP contribution in [0.1, 0.15) is 42.6 Å². The zero-order valence-electron chi connectivity index (χ0n) is 19.4. The van der Waals surface area contributed by atoms with Gasteiger partial charge in [0.2, 0.25) is 11.8 Å². The molecule has 1 aliphatic heterocycles. The highest BCUT2D eigenvalue weighted by Gasteiger charge is 2.34. The summed E-state index contributed by atoms with van der Waals surface area (Å²) in [6.07, 6.45) is 1.83. The van der Waals surface area contributed by atoms with Gasteiger partial charge in [-0.3, -0.25) is 19.3 Å². The largest absolute Gasteiger partial charge is 0.354 e. The van der Waals surface area contributed by atoms with Gasteiger partial charge >= 0.3 is 0 Å². The number of benzene rings is 3. The molecule has 1 heterocycles. The van der Waals surface area contributed by atoms with Gasteiger partial charge in [-0.25, -0.2) is 0 Å². The lowest BCUT2D eigenvalue weighted by Crippen LogP contribution is -2.51. The average molecular weight is 478 g/mol. The molecule has 176 valence electrons. The molecule has 0 aromatic heterocycles. The van der Waals surface area contributed by atoms with Crippen LogP contribution in [0.5, 0.6) is 0 Å². The Morgan fingerprint density at radius 3 is 2.56 bits per heavy atom. The van der Waals surface area contributed by atoms with E-state index in [1.54, 1.807) is 25.1 Å². The van der Waals surface area contributed by atoms with Gasteiger partial charge in [-0.05, 0) is 48.6 Å². The van der Waals surface area contributed by atoms with E-state index in [2.05, 4.69) is 12.2 Å². The van der Waals surface area contributed by atoms with Gasteiger partial charge in [-0.15, -0.1) is 0 Å². The van der Waals surface area contributed by atoms with Gasteiger partial charge in [0, 0.05) is 29.1 Å². The SMILES string of the molecule is CCCCNC(=O)[C@@H](C)N(Cc1cccc(Cl)c1)C(=O)CN1C(=O)c2cccc3cccc1c23. The highest BCUT2D eigenvalue weighted by atomic mass is 35.5. The first-order valence-electron chi connectivity index (χ1n) is 11.6. The van der Waals surface area contributed by atoms with Crippen LogP contribution in [0.3, 0.4) is 0 Å². The molecule has 7 heteroatoms. The molecule has 1 aliphatic rings. The molecule has 0 saturated carbocycles. The van der Waals surface area contributed by atoms with Crippen LogP contribution in [0.25, 0.3) is 10.8 Å². The molecule has 3 aromatic rings. The molecule has 3 amide bonds. The zero-order valence-corrected chi connectivity index (χ0v) is 20.1. The smallest absolute Gasteiger partial charge is 0.259 e. The van der Waals surface area contributed by atoms with Crippen molar-refractivity contribution in [1.82, 2.24) is 10.2 Å². The predicted molar refractivity (Wildman–Crippen MR) is 135 cm³/mol. The molecule has 0 unspecified atom stereocenters. The van der Waals surface area contributed by atoms with Crippen molar-refractivity contribution in [3.63, 3.8) is 0 Å². The number of nitrogens with zero attached hydrogens (tertiary/aromatic N) is 2. The number of hydrogen-bond acceptors (Lipinski definition) is 3. The van der Waals surface area contributed by atoms with Crippen molar-refractivity contribution < 1.29 is 14.4 Å². The van der Waals surface area contributed by atoms with Crippen LogP contribution in [-0.2, 0) is 16.1 Å². The first kappa shape index (κ1) is 23.8. The molecule has 3 aromatic carbocycles. The van der Waals surface area contributed by atoms with Crippen LogP contribution in [0.4, 0.5) is 5.69 Å². The number of rotatable bonds is 9. The van der Waals surface area contributed by atoms with Crippen molar-refractivity contribution in [3.8, 4) is 0 Å². The lowest BCUT2D eigenvalue weighted by molar-refractivity contribution is -0.139. The summed E-state index contributed by atoms with van der Waals surface area (Å²) in [4.78, 5) is 42.6. The van der Waals surface area contributed by atoms with Gasteiger partial charge in [0.1, 0.15) is 12.6 Å². The molecule has 0 aliphatic carbocycles. The van der Waals surface area contributed by atoms with Crippen LogP contribution in [-0.4, -0.2) is 41.8 Å². The first-order chi connectivity index (χ1) is 16.4. The Bertz CT molecular complexity index is 1240. The van der Waals surface area contributed by atoms with Crippen LogP contribution in [0.2, 0.25) is 5.02 Å². The topological polar surface area (TPSA) is 69.7 Å². The van der Waals surface area contributed by atoms with Gasteiger partial charge in [0.05, 0.1) is 5.69 Å². The number of nitrogens with one attached hydrogen (secondary N) is 1. The van der Waals surface area contributed by atoms with Crippen molar-refractivity contribution in [2.45, 2.75) is 39.3 Å². The van der Waals surface area contributed by atoms with E-state index in [-0.39, 0.29) is 30.8 Å². The van der Waals surface area contributed by atoms with E-state index in [9.17, 15) is 14.4 Å². The molecule has 1 N–H and O–H groups in total. The maximum atomic E-state index is 13.6. The van der Waals surface area contributed by atoms with E-state index in [4.69, 9.17) is 11.6 Å². The van der Waals surface area contributed by atoms with E-state index in [0.29, 0.717) is 22.8 Å². The van der Waals surface area contributed by atoms with Gasteiger partial charge in [0.15, 0.2) is 0 Å². The fourth-order valence-corrected chi connectivity index (χ4v) is 4.53. The molecule has 0 bridgehead atoms. The van der Waals surface area contributed by atoms with Gasteiger partial charge in [-0.2, -0.15) is 0 Å². The van der Waals surface area contributed by atoms with E-state index in [0.717, 1.165) is 29.2 Å². The molecule has 0 saturated heterocycles. The standard InChI is InChI=1S/C27H28ClN3O3/c1-3-4-14-29-26(33)18(2)30(16-19-8-5-11-21(28)15-19)24(32)17-31-23-13-7-10-20-9-6-12-22(25(20)23)27(31)34/h5-13,15,18H,3-4,14,16-17H2,1-2H3,(H,29,33)/t18-/m1/s1. The fraction of sp³-hybridized carbons (Fsp3) is 0.296. The third kappa shape index (κ3) is 4.77. The van der Waals surface area contributed by atoms with Crippen molar-refractivity contribution >= 4 is 45.8 Å². The maximum absolute atomic E-state index is 13.6. The second-order valence-corrected chi connectivity index (χ2v) is 8.98. The molecular formula is C27H28ClN3O3. The Morgan fingerprint density at radius 2 is 1.82 bits per heavy atom. The summed E-state index contributed by atoms with van der Waals surface area (Å²) >= 11 is 6.15. The zero-order chi connectivity index (χ0) is 24.2. The summed E-state index contributed by atoms with van der Waals surface area (Å²) in [7, 11) is 0. The average Bonchev–Trinajstić information content (AvgIpc) is 3.10. The normalized spacial score (nSPS) is 13.3. The molecule has 0 radical (unpaired) electrons. The molecule has 1 atom stereocenters. The predicted octanol–water partition coefficient (Wildman–Crippen LogP) is 4.79. The van der Waals surface area contributed by atoms with Crippen LogP contribution in [0.15, 0.2) is 60.7 Å². The molecule has 0 spiro atoms. The van der Waals surface area contributed by atoms with Gasteiger partial charge < -0.3 is 10.2 Å². The van der Waals surface area contributed by atoms with E-state index < -0.39 is 6.04 Å². The second-order valence-electron chi connectivity index (χ2n) is 8.54. The number of halogens is 1. The third-order valence-electron chi connectivity index (χ3n) is 6.18. The Morgan fingerprint density at radius 1 is 1.09 bits per heavy atom. The van der Waals surface area contributed by atoms with Crippen molar-refractivity contribution in [2.75, 3.05) is 18.0 Å². The Balaban J connectivity index is 1.60. The lowest BCUT2D eigenvalue weighted by Gasteiger charge is -2.30. The minimum atomic E-state index is -0.709. The Hall–Kier alpha value is -3.38. The number of carbonyl (C=O) groups is 3. The highest BCUT2D eigenvalue weighted by Crippen LogP contribution is 2.37. The van der Waals surface area contributed by atoms with Gasteiger partial charge in [0.25, 0.3) is 5.91 Å². The van der Waals surface area contributed by atoms with Crippen molar-refractivity contribution in [2.24, 2.45) is 0 Å². The molecule has 0 fully saturated rings. The summed E-state index contributed by atoms with van der Waals surface area (Å²) in [5.41, 5.74) is 2.12. The summed E-state index contributed by atoms with van der Waals surface area (Å²) in [6, 6.07) is 17.8. The summed E-state index contributed by atoms with van der Waals surface area (Å²) < 4.78 is 0. The Kier molecular flexibility index (Phi) is 7.17. The van der Waals surface area contributed by atoms with E-state index in [1.165, 1.54) is 9.80 Å². The highest BCUT2D eigenvalue weighted by molar-refractivity contribution is 6.30. The number of hydrogen-bond donors (Lipinski definition) is 1. The first-order valence-corrected chi connectivity index (χ1v) is 11.9. The van der Waals surface area contributed by atoms with Crippen LogP contribution in [0, 0.1) is 0 Å². The van der Waals surface area contributed by atoms with Crippen LogP contribution < -0.4 is 10.2 Å². The minimum Gasteiger partial charge on any atom is -0.354 e. The summed E-state index contributed by atoms with van der Waals surface area (Å²) in [5.74, 6) is -0.735. The lowest BCUT2D eigenvalue weighted by atomic mass is 10.1. The van der Waals surface area contributed by atoms with E-state index >= 15 is 0 Å². The monoisotopic (exact) mass is 477 g/mol. The summed E-state index contributed by atoms with van der Waals surface area (Å²) in [5, 5.41) is 5.28. The molecular weight excluding hydrogens is 450 g/mol. The second kappa shape index (κ2) is 10.3. The Labute approximate surface area is 204 Å². The number of amides is 3. The van der Waals surface area contributed by atoms with Gasteiger partial charge in [-0.1, -0.05) is 61.3 Å². The van der Waals surface area contributed by atoms with Crippen LogP contribution >= 0.6 is 11.6 Å². The molecule has 34 heavy (non-hydrogen) atoms. The number of anilines is 1. The molecule has 4 rings (SSSR count). The van der Waals surface area contributed by atoms with Crippen molar-refractivity contribution in [1.29, 1.82) is 0 Å².